The SMILES string of the molecule is C[C@H]1OCC[n+]2noc([O-])c21. The third-order valence-corrected chi connectivity index (χ3v) is 1.77. The lowest BCUT2D eigenvalue weighted by molar-refractivity contribution is -0.780. The van der Waals surface area contributed by atoms with Crippen molar-refractivity contribution in [3.63, 3.8) is 0 Å². The fourth-order valence-corrected chi connectivity index (χ4v) is 1.21. The normalized spacial score (nSPS) is 23.2. The van der Waals surface area contributed by atoms with Gasteiger partial charge in [-0.25, -0.2) is 0 Å². The summed E-state index contributed by atoms with van der Waals surface area (Å²) in [5.74, 6) is -0.391. The smallest absolute Gasteiger partial charge is 0.261 e. The topological polar surface area (TPSA) is 62.2 Å². The van der Waals surface area contributed by atoms with Crippen LogP contribution in [0.5, 0.6) is 5.95 Å². The number of ether oxygens (including phenoxy) is 1. The van der Waals surface area contributed by atoms with Crippen LogP contribution in [-0.4, -0.2) is 11.9 Å². The second-order valence-electron chi connectivity index (χ2n) is 2.48. The Hall–Kier alpha value is -1.10. The quantitative estimate of drug-likeness (QED) is 0.458. The molecular weight excluding hydrogens is 148 g/mol. The Bertz CT molecular complexity index is 271. The molecule has 0 bridgehead atoms. The van der Waals surface area contributed by atoms with Crippen LogP contribution < -0.4 is 9.79 Å². The van der Waals surface area contributed by atoms with E-state index >= 15 is 0 Å². The van der Waals surface area contributed by atoms with E-state index < -0.39 is 5.95 Å². The first-order valence-electron chi connectivity index (χ1n) is 3.47. The molecule has 2 rings (SSSR count). The van der Waals surface area contributed by atoms with Gasteiger partial charge in [-0.05, 0) is 6.92 Å². The van der Waals surface area contributed by atoms with Crippen molar-refractivity contribution < 1.29 is 19.0 Å². The summed E-state index contributed by atoms with van der Waals surface area (Å²) in [6.07, 6.45) is -0.192. The van der Waals surface area contributed by atoms with Crippen molar-refractivity contribution in [1.29, 1.82) is 0 Å². The molecule has 0 N–H and O–H groups in total. The minimum Gasteiger partial charge on any atom is -0.539 e. The number of hydrogen-bond donors (Lipinski definition) is 0. The van der Waals surface area contributed by atoms with Crippen molar-refractivity contribution in [3.05, 3.63) is 5.69 Å². The molecule has 0 saturated carbocycles. The van der Waals surface area contributed by atoms with Gasteiger partial charge in [-0.2, -0.15) is 0 Å². The summed E-state index contributed by atoms with van der Waals surface area (Å²) in [7, 11) is 0. The van der Waals surface area contributed by atoms with Crippen LogP contribution in [-0.2, 0) is 11.3 Å². The molecule has 1 aliphatic heterocycles. The number of aromatic nitrogens is 2. The molecule has 1 aromatic heterocycles. The van der Waals surface area contributed by atoms with Crippen LogP contribution in [0, 0.1) is 0 Å². The summed E-state index contributed by atoms with van der Waals surface area (Å²) >= 11 is 0. The predicted octanol–water partition coefficient (Wildman–Crippen LogP) is -0.873. The second kappa shape index (κ2) is 2.20. The van der Waals surface area contributed by atoms with Gasteiger partial charge in [-0.3, -0.25) is 0 Å². The molecule has 0 aromatic carbocycles. The van der Waals surface area contributed by atoms with Crippen molar-refractivity contribution >= 4 is 0 Å². The maximum atomic E-state index is 10.9. The minimum absolute atomic E-state index is 0.192. The van der Waals surface area contributed by atoms with E-state index in [0.717, 1.165) is 0 Å². The summed E-state index contributed by atoms with van der Waals surface area (Å²) in [6, 6.07) is 0. The fourth-order valence-electron chi connectivity index (χ4n) is 1.21. The Morgan fingerprint density at radius 3 is 3.27 bits per heavy atom. The highest BCUT2D eigenvalue weighted by molar-refractivity contribution is 5.06. The molecule has 2 heterocycles. The molecule has 0 saturated heterocycles. The van der Waals surface area contributed by atoms with Crippen LogP contribution in [0.2, 0.25) is 0 Å². The Balaban J connectivity index is 2.48. The van der Waals surface area contributed by atoms with Gasteiger partial charge in [-0.1, -0.05) is 4.68 Å². The standard InChI is InChI=1S/C6H8N2O3/c1-4-5-6(9)11-7-8(5)2-3-10-4/h4H,2-3H2,1H3/t4-/m1/s1. The number of rotatable bonds is 0. The molecule has 0 spiro atoms. The van der Waals surface area contributed by atoms with Crippen LogP contribution in [0.25, 0.3) is 0 Å². The van der Waals surface area contributed by atoms with E-state index in [0.29, 0.717) is 18.8 Å². The van der Waals surface area contributed by atoms with E-state index in [-0.39, 0.29) is 6.10 Å². The Morgan fingerprint density at radius 1 is 1.73 bits per heavy atom. The predicted molar refractivity (Wildman–Crippen MR) is 30.5 cm³/mol. The molecular formula is C6H8N2O3. The summed E-state index contributed by atoms with van der Waals surface area (Å²) in [4.78, 5) is 0. The summed E-state index contributed by atoms with van der Waals surface area (Å²) in [5.41, 5.74) is 0.510. The van der Waals surface area contributed by atoms with E-state index in [1.165, 1.54) is 0 Å². The molecule has 1 atom stereocenters. The van der Waals surface area contributed by atoms with E-state index in [9.17, 15) is 5.11 Å². The van der Waals surface area contributed by atoms with Crippen molar-refractivity contribution in [2.45, 2.75) is 19.6 Å². The molecule has 0 unspecified atom stereocenters. The maximum absolute atomic E-state index is 10.9. The summed E-state index contributed by atoms with van der Waals surface area (Å²) in [6.45, 7) is 3.00. The molecule has 0 fully saturated rings. The third-order valence-electron chi connectivity index (χ3n) is 1.77. The van der Waals surface area contributed by atoms with Gasteiger partial charge >= 0.3 is 0 Å². The van der Waals surface area contributed by atoms with Gasteiger partial charge in [0.2, 0.25) is 0 Å². The molecule has 0 amide bonds. The lowest BCUT2D eigenvalue weighted by Gasteiger charge is -2.12. The minimum atomic E-state index is -0.391. The zero-order chi connectivity index (χ0) is 7.84. The van der Waals surface area contributed by atoms with Crippen molar-refractivity contribution in [1.82, 2.24) is 5.27 Å². The van der Waals surface area contributed by atoms with Crippen LogP contribution in [0.4, 0.5) is 0 Å². The van der Waals surface area contributed by atoms with Gasteiger partial charge in [0, 0.05) is 0 Å². The van der Waals surface area contributed by atoms with Crippen molar-refractivity contribution in [2.24, 2.45) is 0 Å². The monoisotopic (exact) mass is 156 g/mol. The largest absolute Gasteiger partial charge is 0.539 e. The maximum Gasteiger partial charge on any atom is 0.261 e. The van der Waals surface area contributed by atoms with Gasteiger partial charge < -0.3 is 14.4 Å². The average molecular weight is 156 g/mol. The zero-order valence-corrected chi connectivity index (χ0v) is 6.11. The number of fused-ring (bicyclic) bond motifs is 1. The zero-order valence-electron chi connectivity index (χ0n) is 6.11. The highest BCUT2D eigenvalue weighted by Crippen LogP contribution is 2.21. The van der Waals surface area contributed by atoms with Gasteiger partial charge in [0.05, 0.1) is 5.27 Å². The fraction of sp³-hybridized carbons (Fsp3) is 0.667. The van der Waals surface area contributed by atoms with E-state index in [4.69, 9.17) is 4.74 Å². The first-order valence-corrected chi connectivity index (χ1v) is 3.47. The van der Waals surface area contributed by atoms with Gasteiger partial charge in [0.15, 0.2) is 12.5 Å². The van der Waals surface area contributed by atoms with Crippen LogP contribution in [0.3, 0.4) is 0 Å². The molecule has 5 nitrogen and oxygen atoms in total. The van der Waals surface area contributed by atoms with E-state index in [1.54, 1.807) is 4.68 Å². The van der Waals surface area contributed by atoms with Crippen molar-refractivity contribution in [3.8, 4) is 5.95 Å². The summed E-state index contributed by atoms with van der Waals surface area (Å²) < 4.78 is 11.2. The Kier molecular flexibility index (Phi) is 1.32. The molecule has 5 heteroatoms. The third kappa shape index (κ3) is 0.883. The first-order chi connectivity index (χ1) is 5.29. The molecule has 1 aliphatic rings. The number of hydrogen-bond acceptors (Lipinski definition) is 4. The lowest BCUT2D eigenvalue weighted by atomic mass is 10.2. The second-order valence-corrected chi connectivity index (χ2v) is 2.48. The van der Waals surface area contributed by atoms with Gasteiger partial charge in [-0.15, -0.1) is 0 Å². The molecule has 0 radical (unpaired) electrons. The highest BCUT2D eigenvalue weighted by atomic mass is 16.6. The molecule has 11 heavy (non-hydrogen) atoms. The lowest BCUT2D eigenvalue weighted by Crippen LogP contribution is -2.46. The van der Waals surface area contributed by atoms with Gasteiger partial charge in [0.1, 0.15) is 12.7 Å². The van der Waals surface area contributed by atoms with E-state index in [2.05, 4.69) is 9.79 Å². The Labute approximate surface area is 63.2 Å². The number of nitrogens with zero attached hydrogens (tertiary/aromatic N) is 2. The molecule has 1 aromatic rings. The van der Waals surface area contributed by atoms with Crippen LogP contribution >= 0.6 is 0 Å². The average Bonchev–Trinajstić information content (AvgIpc) is 2.34. The molecule has 60 valence electrons. The van der Waals surface area contributed by atoms with Crippen molar-refractivity contribution in [2.75, 3.05) is 6.61 Å². The Morgan fingerprint density at radius 2 is 2.55 bits per heavy atom. The van der Waals surface area contributed by atoms with Gasteiger partial charge in [0.25, 0.3) is 5.69 Å². The summed E-state index contributed by atoms with van der Waals surface area (Å²) in [5, 5.41) is 14.5. The molecule has 0 aliphatic carbocycles. The first kappa shape index (κ1) is 6.60. The highest BCUT2D eigenvalue weighted by Gasteiger charge is 2.28. The van der Waals surface area contributed by atoms with E-state index in [1.807, 2.05) is 6.92 Å². The van der Waals surface area contributed by atoms with Crippen LogP contribution in [0.15, 0.2) is 4.52 Å². The van der Waals surface area contributed by atoms with Crippen LogP contribution in [0.1, 0.15) is 18.7 Å².